The fraction of sp³-hybridized carbons (Fsp3) is 0.100. The van der Waals surface area contributed by atoms with E-state index in [0.717, 1.165) is 32.5 Å². The quantitative estimate of drug-likeness (QED) is 0.283. The van der Waals surface area contributed by atoms with Crippen molar-refractivity contribution in [2.45, 2.75) is 13.8 Å². The second kappa shape index (κ2) is 9.08. The number of fused-ring (bicyclic) bond motifs is 2. The van der Waals surface area contributed by atoms with Crippen molar-refractivity contribution in [3.05, 3.63) is 94.4 Å². The summed E-state index contributed by atoms with van der Waals surface area (Å²) in [5, 5.41) is 14.3. The number of rotatable bonds is 4. The number of pyridine rings is 1. The topological polar surface area (TPSA) is 84.2 Å². The first-order chi connectivity index (χ1) is 18.0. The largest absolute Gasteiger partial charge is 0.454 e. The molecule has 1 aliphatic rings. The highest BCUT2D eigenvalue weighted by molar-refractivity contribution is 7.17. The molecular weight excluding hydrogens is 482 g/mol. The SMILES string of the molecule is Cc1ccc(-c2c(C)sc(NC(=O)c3cc(-c4ccc5c(c4)OCO5)nc4ccccc34)c2C#N)cc1. The molecule has 0 saturated heterocycles. The highest BCUT2D eigenvalue weighted by atomic mass is 32.1. The number of aromatic nitrogens is 1. The minimum atomic E-state index is -0.297. The van der Waals surface area contributed by atoms with Gasteiger partial charge < -0.3 is 14.8 Å². The lowest BCUT2D eigenvalue weighted by molar-refractivity contribution is 0.102. The summed E-state index contributed by atoms with van der Waals surface area (Å²) < 4.78 is 11.0. The molecule has 1 amide bonds. The van der Waals surface area contributed by atoms with E-state index in [0.29, 0.717) is 38.8 Å². The Bertz CT molecular complexity index is 1730. The molecule has 5 aromatic rings. The predicted octanol–water partition coefficient (Wildman–Crippen LogP) is 7.10. The van der Waals surface area contributed by atoms with Crippen LogP contribution in [0.15, 0.2) is 72.8 Å². The number of amides is 1. The van der Waals surface area contributed by atoms with E-state index in [4.69, 9.17) is 14.5 Å². The van der Waals surface area contributed by atoms with Gasteiger partial charge in [0.25, 0.3) is 5.91 Å². The van der Waals surface area contributed by atoms with Gasteiger partial charge in [0.1, 0.15) is 11.1 Å². The number of carbonyl (C=O) groups is 1. The lowest BCUT2D eigenvalue weighted by Crippen LogP contribution is -2.13. The normalized spacial score (nSPS) is 11.9. The number of anilines is 1. The van der Waals surface area contributed by atoms with Crippen molar-refractivity contribution in [2.75, 3.05) is 12.1 Å². The van der Waals surface area contributed by atoms with E-state index >= 15 is 0 Å². The van der Waals surface area contributed by atoms with Crippen LogP contribution < -0.4 is 14.8 Å². The second-order valence-corrected chi connectivity index (χ2v) is 10.0. The van der Waals surface area contributed by atoms with Crippen LogP contribution in [0.2, 0.25) is 0 Å². The van der Waals surface area contributed by atoms with Crippen LogP contribution in [-0.4, -0.2) is 17.7 Å². The van der Waals surface area contributed by atoms with E-state index in [1.807, 2.05) is 80.6 Å². The van der Waals surface area contributed by atoms with Gasteiger partial charge in [-0.25, -0.2) is 4.98 Å². The Hall–Kier alpha value is -4.67. The van der Waals surface area contributed by atoms with Gasteiger partial charge in [-0.15, -0.1) is 11.3 Å². The van der Waals surface area contributed by atoms with Gasteiger partial charge in [-0.1, -0.05) is 48.0 Å². The summed E-state index contributed by atoms with van der Waals surface area (Å²) in [5.41, 5.74) is 6.05. The monoisotopic (exact) mass is 503 g/mol. The van der Waals surface area contributed by atoms with Crippen LogP contribution in [0, 0.1) is 25.2 Å². The number of hydrogen-bond donors (Lipinski definition) is 1. The van der Waals surface area contributed by atoms with Crippen LogP contribution in [0.3, 0.4) is 0 Å². The van der Waals surface area contributed by atoms with Crippen LogP contribution in [-0.2, 0) is 0 Å². The Labute approximate surface area is 217 Å². The van der Waals surface area contributed by atoms with Gasteiger partial charge in [0.05, 0.1) is 22.3 Å². The molecule has 0 radical (unpaired) electrons. The van der Waals surface area contributed by atoms with Crippen LogP contribution in [0.1, 0.15) is 26.4 Å². The number of aryl methyl sites for hydroxylation is 2. The zero-order valence-corrected chi connectivity index (χ0v) is 21.0. The van der Waals surface area contributed by atoms with Gasteiger partial charge in [0.2, 0.25) is 6.79 Å². The molecule has 3 heterocycles. The van der Waals surface area contributed by atoms with Crippen molar-refractivity contribution >= 4 is 33.1 Å². The van der Waals surface area contributed by atoms with Gasteiger partial charge in [-0.05, 0) is 49.7 Å². The van der Waals surface area contributed by atoms with Crippen molar-refractivity contribution in [1.29, 1.82) is 5.26 Å². The lowest BCUT2D eigenvalue weighted by atomic mass is 10.0. The standard InChI is InChI=1S/C30H21N3O3S/c1-17-7-9-19(10-8-17)28-18(2)37-30(23(28)15-31)33-29(34)22-14-25(32-24-6-4-3-5-21(22)24)20-11-12-26-27(13-20)36-16-35-26/h3-14H,16H2,1-2H3,(H,33,34). The molecule has 3 aromatic carbocycles. The van der Waals surface area contributed by atoms with Crippen molar-refractivity contribution in [3.8, 4) is 40.0 Å². The number of hydrogen-bond acceptors (Lipinski definition) is 6. The molecule has 1 aliphatic heterocycles. The van der Waals surface area contributed by atoms with Crippen LogP contribution >= 0.6 is 11.3 Å². The third-order valence-corrected chi connectivity index (χ3v) is 7.41. The number of carbonyl (C=O) groups excluding carboxylic acids is 1. The average Bonchev–Trinajstić information content (AvgIpc) is 3.51. The summed E-state index contributed by atoms with van der Waals surface area (Å²) in [4.78, 5) is 19.4. The Balaban J connectivity index is 1.41. The first kappa shape index (κ1) is 22.8. The molecule has 2 aromatic heterocycles. The number of ether oxygens (including phenoxy) is 2. The van der Waals surface area contributed by atoms with Crippen molar-refractivity contribution < 1.29 is 14.3 Å². The summed E-state index contributed by atoms with van der Waals surface area (Å²) in [6.07, 6.45) is 0. The zero-order valence-electron chi connectivity index (χ0n) is 20.2. The highest BCUT2D eigenvalue weighted by Gasteiger charge is 2.22. The number of benzene rings is 3. The summed E-state index contributed by atoms with van der Waals surface area (Å²) in [6.45, 7) is 4.18. The van der Waals surface area contributed by atoms with Crippen molar-refractivity contribution in [3.63, 3.8) is 0 Å². The van der Waals surface area contributed by atoms with Crippen molar-refractivity contribution in [1.82, 2.24) is 4.98 Å². The number of nitriles is 1. The average molecular weight is 504 g/mol. The van der Waals surface area contributed by atoms with Gasteiger partial charge >= 0.3 is 0 Å². The van der Waals surface area contributed by atoms with Gasteiger partial charge in [0.15, 0.2) is 11.5 Å². The maximum atomic E-state index is 13.7. The molecule has 0 saturated carbocycles. The number of nitrogens with one attached hydrogen (secondary N) is 1. The second-order valence-electron chi connectivity index (χ2n) is 8.81. The smallest absolute Gasteiger partial charge is 0.257 e. The zero-order chi connectivity index (χ0) is 25.5. The fourth-order valence-electron chi connectivity index (χ4n) is 4.54. The van der Waals surface area contributed by atoms with Crippen LogP contribution in [0.25, 0.3) is 33.3 Å². The summed E-state index contributed by atoms with van der Waals surface area (Å²) in [6, 6.07) is 25.3. The number of para-hydroxylation sites is 1. The molecule has 37 heavy (non-hydrogen) atoms. The van der Waals surface area contributed by atoms with Gasteiger partial charge in [-0.3, -0.25) is 4.79 Å². The summed E-state index contributed by atoms with van der Waals surface area (Å²) >= 11 is 1.41. The predicted molar refractivity (Wildman–Crippen MR) is 145 cm³/mol. The van der Waals surface area contributed by atoms with E-state index in [9.17, 15) is 10.1 Å². The number of nitrogens with zero attached hydrogens (tertiary/aromatic N) is 2. The molecule has 1 N–H and O–H groups in total. The molecule has 6 rings (SSSR count). The Morgan fingerprint density at radius 2 is 1.73 bits per heavy atom. The molecule has 0 aliphatic carbocycles. The van der Waals surface area contributed by atoms with Crippen molar-refractivity contribution in [2.24, 2.45) is 0 Å². The third-order valence-electron chi connectivity index (χ3n) is 6.39. The lowest BCUT2D eigenvalue weighted by Gasteiger charge is -2.11. The molecule has 7 heteroatoms. The van der Waals surface area contributed by atoms with E-state index in [1.165, 1.54) is 11.3 Å². The maximum absolute atomic E-state index is 13.7. The van der Waals surface area contributed by atoms with Gasteiger partial charge in [0, 0.05) is 21.4 Å². The van der Waals surface area contributed by atoms with Gasteiger partial charge in [-0.2, -0.15) is 5.26 Å². The fourth-order valence-corrected chi connectivity index (χ4v) is 5.57. The van der Waals surface area contributed by atoms with Crippen LogP contribution in [0.5, 0.6) is 11.5 Å². The summed E-state index contributed by atoms with van der Waals surface area (Å²) in [7, 11) is 0. The summed E-state index contributed by atoms with van der Waals surface area (Å²) in [5.74, 6) is 1.03. The molecule has 180 valence electrons. The highest BCUT2D eigenvalue weighted by Crippen LogP contribution is 2.40. The Morgan fingerprint density at radius 1 is 0.973 bits per heavy atom. The maximum Gasteiger partial charge on any atom is 0.257 e. The molecule has 0 atom stereocenters. The first-order valence-electron chi connectivity index (χ1n) is 11.7. The molecule has 0 spiro atoms. The minimum absolute atomic E-state index is 0.184. The van der Waals surface area contributed by atoms with E-state index in [2.05, 4.69) is 11.4 Å². The number of thiophene rings is 1. The third kappa shape index (κ3) is 4.07. The molecule has 0 unspecified atom stereocenters. The Morgan fingerprint density at radius 3 is 2.54 bits per heavy atom. The van der Waals surface area contributed by atoms with E-state index in [1.54, 1.807) is 6.07 Å². The molecule has 0 fully saturated rings. The van der Waals surface area contributed by atoms with E-state index < -0.39 is 0 Å². The molecule has 0 bridgehead atoms. The van der Waals surface area contributed by atoms with Crippen LogP contribution in [0.4, 0.5) is 5.00 Å². The Kier molecular flexibility index (Phi) is 5.59. The molecular formula is C30H21N3O3S. The minimum Gasteiger partial charge on any atom is -0.454 e. The molecule has 6 nitrogen and oxygen atoms in total. The van der Waals surface area contributed by atoms with E-state index in [-0.39, 0.29) is 12.7 Å². The first-order valence-corrected chi connectivity index (χ1v) is 12.5.